The standard InChI is InChI=1S/C20H18BrClN2O4/c1-12-2-5-15(9-17(12)22)23-18(25)11-28-20(27)13-8-19(26)24(10-13)16-6-3-14(21)4-7-16/h2-7,9,13H,8,10-11H2,1H3,(H,23,25)/t13-/m0/s1. The zero-order valence-corrected chi connectivity index (χ0v) is 17.4. The van der Waals surface area contributed by atoms with Crippen LogP contribution in [0.1, 0.15) is 12.0 Å². The number of hydrogen-bond acceptors (Lipinski definition) is 4. The molecule has 0 aromatic heterocycles. The summed E-state index contributed by atoms with van der Waals surface area (Å²) in [5, 5.41) is 3.16. The molecular formula is C20H18BrClN2O4. The molecule has 6 nitrogen and oxygen atoms in total. The molecule has 2 aromatic carbocycles. The van der Waals surface area contributed by atoms with Crippen molar-refractivity contribution in [2.45, 2.75) is 13.3 Å². The zero-order valence-electron chi connectivity index (χ0n) is 15.1. The second kappa shape index (κ2) is 8.75. The van der Waals surface area contributed by atoms with Crippen LogP contribution in [0.4, 0.5) is 11.4 Å². The van der Waals surface area contributed by atoms with Gasteiger partial charge in [-0.25, -0.2) is 0 Å². The molecular weight excluding hydrogens is 448 g/mol. The number of halogens is 2. The van der Waals surface area contributed by atoms with Gasteiger partial charge in [-0.2, -0.15) is 0 Å². The minimum Gasteiger partial charge on any atom is -0.455 e. The predicted molar refractivity (Wildman–Crippen MR) is 110 cm³/mol. The highest BCUT2D eigenvalue weighted by atomic mass is 79.9. The van der Waals surface area contributed by atoms with E-state index in [9.17, 15) is 14.4 Å². The van der Waals surface area contributed by atoms with Crippen LogP contribution in [0, 0.1) is 12.8 Å². The number of ether oxygens (including phenoxy) is 1. The van der Waals surface area contributed by atoms with Gasteiger partial charge in [-0.3, -0.25) is 14.4 Å². The zero-order chi connectivity index (χ0) is 20.3. The van der Waals surface area contributed by atoms with Gasteiger partial charge in [-0.05, 0) is 48.9 Å². The van der Waals surface area contributed by atoms with E-state index in [4.69, 9.17) is 16.3 Å². The lowest BCUT2D eigenvalue weighted by Crippen LogP contribution is -2.28. The molecule has 0 saturated carbocycles. The third kappa shape index (κ3) is 4.91. The number of anilines is 2. The van der Waals surface area contributed by atoms with Crippen molar-refractivity contribution in [2.24, 2.45) is 5.92 Å². The maximum Gasteiger partial charge on any atom is 0.311 e. The van der Waals surface area contributed by atoms with E-state index in [1.54, 1.807) is 35.2 Å². The summed E-state index contributed by atoms with van der Waals surface area (Å²) >= 11 is 9.37. The Morgan fingerprint density at radius 2 is 1.96 bits per heavy atom. The van der Waals surface area contributed by atoms with Crippen LogP contribution in [-0.2, 0) is 19.1 Å². The van der Waals surface area contributed by atoms with Crippen molar-refractivity contribution >= 4 is 56.7 Å². The highest BCUT2D eigenvalue weighted by Crippen LogP contribution is 2.27. The number of rotatable bonds is 5. The molecule has 1 aliphatic heterocycles. The number of carbonyl (C=O) groups excluding carboxylic acids is 3. The molecule has 2 aromatic rings. The molecule has 1 atom stereocenters. The van der Waals surface area contributed by atoms with Gasteiger partial charge in [-0.15, -0.1) is 0 Å². The number of carbonyl (C=O) groups is 3. The first-order valence-corrected chi connectivity index (χ1v) is 9.79. The summed E-state index contributed by atoms with van der Waals surface area (Å²) in [6, 6.07) is 12.4. The number of amides is 2. The van der Waals surface area contributed by atoms with Crippen LogP contribution in [0.2, 0.25) is 5.02 Å². The van der Waals surface area contributed by atoms with Crippen molar-refractivity contribution in [1.82, 2.24) is 0 Å². The molecule has 1 N–H and O–H groups in total. The minimum absolute atomic E-state index is 0.0596. The van der Waals surface area contributed by atoms with E-state index in [2.05, 4.69) is 21.2 Å². The molecule has 1 saturated heterocycles. The molecule has 0 aliphatic carbocycles. The summed E-state index contributed by atoms with van der Waals surface area (Å²) in [4.78, 5) is 38.0. The van der Waals surface area contributed by atoms with E-state index in [-0.39, 0.29) is 18.9 Å². The molecule has 0 unspecified atom stereocenters. The van der Waals surface area contributed by atoms with Gasteiger partial charge in [0.1, 0.15) is 0 Å². The SMILES string of the molecule is Cc1ccc(NC(=O)COC(=O)[C@H]2CC(=O)N(c3ccc(Br)cc3)C2)cc1Cl. The maximum atomic E-state index is 12.3. The Hall–Kier alpha value is -2.38. The first-order valence-electron chi connectivity index (χ1n) is 8.62. The van der Waals surface area contributed by atoms with E-state index in [1.165, 1.54) is 0 Å². The number of hydrogen-bond donors (Lipinski definition) is 1. The summed E-state index contributed by atoms with van der Waals surface area (Å²) in [6.07, 6.45) is 0.0596. The molecule has 0 radical (unpaired) electrons. The van der Waals surface area contributed by atoms with Crippen LogP contribution >= 0.6 is 27.5 Å². The fraction of sp³-hybridized carbons (Fsp3) is 0.250. The third-order valence-electron chi connectivity index (χ3n) is 4.40. The number of esters is 1. The Kier molecular flexibility index (Phi) is 6.36. The molecule has 1 fully saturated rings. The van der Waals surface area contributed by atoms with E-state index >= 15 is 0 Å². The average molecular weight is 466 g/mol. The summed E-state index contributed by atoms with van der Waals surface area (Å²) < 4.78 is 6.00. The average Bonchev–Trinajstić information content (AvgIpc) is 3.05. The monoisotopic (exact) mass is 464 g/mol. The molecule has 3 rings (SSSR count). The van der Waals surface area contributed by atoms with Crippen LogP contribution in [0.5, 0.6) is 0 Å². The number of benzene rings is 2. The second-order valence-electron chi connectivity index (χ2n) is 6.50. The largest absolute Gasteiger partial charge is 0.455 e. The van der Waals surface area contributed by atoms with Gasteiger partial charge >= 0.3 is 5.97 Å². The van der Waals surface area contributed by atoms with Crippen molar-refractivity contribution < 1.29 is 19.1 Å². The molecule has 146 valence electrons. The minimum atomic E-state index is -0.599. The molecule has 1 heterocycles. The van der Waals surface area contributed by atoms with Crippen molar-refractivity contribution in [3.05, 3.63) is 57.5 Å². The Morgan fingerprint density at radius 3 is 2.64 bits per heavy atom. The highest BCUT2D eigenvalue weighted by molar-refractivity contribution is 9.10. The van der Waals surface area contributed by atoms with Gasteiger partial charge in [0.2, 0.25) is 5.91 Å². The van der Waals surface area contributed by atoms with Crippen LogP contribution < -0.4 is 10.2 Å². The molecule has 28 heavy (non-hydrogen) atoms. The van der Waals surface area contributed by atoms with E-state index in [1.807, 2.05) is 19.1 Å². The highest BCUT2D eigenvalue weighted by Gasteiger charge is 2.36. The van der Waals surface area contributed by atoms with Crippen molar-refractivity contribution in [2.75, 3.05) is 23.4 Å². The first-order chi connectivity index (χ1) is 13.3. The van der Waals surface area contributed by atoms with Crippen molar-refractivity contribution in [3.8, 4) is 0 Å². The molecule has 2 amide bonds. The van der Waals surface area contributed by atoms with Gasteiger partial charge in [0.25, 0.3) is 5.91 Å². The topological polar surface area (TPSA) is 75.7 Å². The Balaban J connectivity index is 1.52. The lowest BCUT2D eigenvalue weighted by molar-refractivity contribution is -0.151. The molecule has 8 heteroatoms. The van der Waals surface area contributed by atoms with E-state index in [0.29, 0.717) is 10.7 Å². The van der Waals surface area contributed by atoms with Crippen LogP contribution in [0.3, 0.4) is 0 Å². The Morgan fingerprint density at radius 1 is 1.25 bits per heavy atom. The number of aryl methyl sites for hydroxylation is 1. The Bertz CT molecular complexity index is 917. The fourth-order valence-electron chi connectivity index (χ4n) is 2.86. The molecule has 0 spiro atoms. The molecule has 1 aliphatic rings. The van der Waals surface area contributed by atoms with Crippen LogP contribution in [0.15, 0.2) is 46.9 Å². The van der Waals surface area contributed by atoms with Crippen LogP contribution in [0.25, 0.3) is 0 Å². The van der Waals surface area contributed by atoms with E-state index < -0.39 is 24.4 Å². The third-order valence-corrected chi connectivity index (χ3v) is 5.33. The Labute approximate surface area is 175 Å². The normalized spacial score (nSPS) is 16.2. The summed E-state index contributed by atoms with van der Waals surface area (Å²) in [5.41, 5.74) is 2.14. The van der Waals surface area contributed by atoms with Crippen LogP contribution in [-0.4, -0.2) is 30.9 Å². The number of nitrogens with zero attached hydrogens (tertiary/aromatic N) is 1. The number of nitrogens with one attached hydrogen (secondary N) is 1. The summed E-state index contributed by atoms with van der Waals surface area (Å²) in [6.45, 7) is 1.66. The van der Waals surface area contributed by atoms with Crippen molar-refractivity contribution in [3.63, 3.8) is 0 Å². The van der Waals surface area contributed by atoms with Gasteiger partial charge in [-0.1, -0.05) is 33.6 Å². The second-order valence-corrected chi connectivity index (χ2v) is 7.82. The smallest absolute Gasteiger partial charge is 0.311 e. The lowest BCUT2D eigenvalue weighted by Gasteiger charge is -2.16. The van der Waals surface area contributed by atoms with Gasteiger partial charge < -0.3 is 15.0 Å². The quantitative estimate of drug-likeness (QED) is 0.679. The van der Waals surface area contributed by atoms with Gasteiger partial charge in [0.15, 0.2) is 6.61 Å². The van der Waals surface area contributed by atoms with Gasteiger partial charge in [0, 0.05) is 33.8 Å². The molecule has 0 bridgehead atoms. The van der Waals surface area contributed by atoms with Gasteiger partial charge in [0.05, 0.1) is 5.92 Å². The predicted octanol–water partition coefficient (Wildman–Crippen LogP) is 3.95. The summed E-state index contributed by atoms with van der Waals surface area (Å²) in [7, 11) is 0. The first kappa shape index (κ1) is 20.4. The van der Waals surface area contributed by atoms with Crippen molar-refractivity contribution in [1.29, 1.82) is 0 Å². The fourth-order valence-corrected chi connectivity index (χ4v) is 3.30. The maximum absolute atomic E-state index is 12.3. The summed E-state index contributed by atoms with van der Waals surface area (Å²) in [5.74, 6) is -1.78. The lowest BCUT2D eigenvalue weighted by atomic mass is 10.1. The van der Waals surface area contributed by atoms with E-state index in [0.717, 1.165) is 15.7 Å².